The molecule has 0 radical (unpaired) electrons. The van der Waals surface area contributed by atoms with Gasteiger partial charge in [0.2, 0.25) is 11.0 Å². The summed E-state index contributed by atoms with van der Waals surface area (Å²) in [5, 5.41) is 0.743. The number of rotatable bonds is 6. The lowest BCUT2D eigenvalue weighted by Gasteiger charge is -2.19. The molecule has 7 heteroatoms. The Balaban J connectivity index is 1.78. The number of anilines is 2. The minimum absolute atomic E-state index is 0.129. The Hall–Kier alpha value is -2.15. The second kappa shape index (κ2) is 5.69. The van der Waals surface area contributed by atoms with Gasteiger partial charge >= 0.3 is 0 Å². The Morgan fingerprint density at radius 3 is 2.67 bits per heavy atom. The van der Waals surface area contributed by atoms with E-state index < -0.39 is 0 Å². The zero-order chi connectivity index (χ0) is 14.8. The topological polar surface area (TPSA) is 98.1 Å². The molecule has 2 aromatic rings. The second-order valence-electron chi connectivity index (χ2n) is 5.27. The summed E-state index contributed by atoms with van der Waals surface area (Å²) in [7, 11) is 0. The Kier molecular flexibility index (Phi) is 3.74. The van der Waals surface area contributed by atoms with Gasteiger partial charge in [-0.05, 0) is 30.5 Å². The first kappa shape index (κ1) is 13.8. The van der Waals surface area contributed by atoms with E-state index in [2.05, 4.69) is 9.36 Å². The van der Waals surface area contributed by atoms with Crippen molar-refractivity contribution in [3.05, 3.63) is 35.7 Å². The summed E-state index contributed by atoms with van der Waals surface area (Å²) in [6.45, 7) is 0.687. The number of aromatic nitrogens is 2. The molecule has 1 aromatic carbocycles. The molecule has 110 valence electrons. The van der Waals surface area contributed by atoms with Crippen LogP contribution in [0, 0.1) is 0 Å². The number of carbonyl (C=O) groups is 1. The minimum atomic E-state index is -0.381. The summed E-state index contributed by atoms with van der Waals surface area (Å²) in [5.74, 6) is 1.01. The molecule has 0 aliphatic heterocycles. The first-order valence-electron chi connectivity index (χ1n) is 6.83. The van der Waals surface area contributed by atoms with Crippen molar-refractivity contribution in [1.82, 2.24) is 9.36 Å². The number of nitrogens with two attached hydrogens (primary N) is 2. The van der Waals surface area contributed by atoms with Crippen molar-refractivity contribution in [2.75, 3.05) is 17.2 Å². The molecule has 6 nitrogen and oxygen atoms in total. The van der Waals surface area contributed by atoms with Crippen molar-refractivity contribution in [3.63, 3.8) is 0 Å². The zero-order valence-corrected chi connectivity index (χ0v) is 12.3. The van der Waals surface area contributed by atoms with Crippen LogP contribution in [0.3, 0.4) is 0 Å². The third-order valence-corrected chi connectivity index (χ3v) is 4.14. The minimum Gasteiger partial charge on any atom is -0.399 e. The van der Waals surface area contributed by atoms with E-state index in [4.69, 9.17) is 11.5 Å². The molecule has 1 aliphatic rings. The maximum atomic E-state index is 11.3. The molecular formula is C14H17N5OS. The van der Waals surface area contributed by atoms with Crippen LogP contribution in [0.4, 0.5) is 10.8 Å². The predicted molar refractivity (Wildman–Crippen MR) is 83.0 cm³/mol. The first-order valence-corrected chi connectivity index (χ1v) is 7.60. The average molecular weight is 303 g/mol. The smallest absolute Gasteiger partial charge is 0.237 e. The maximum Gasteiger partial charge on any atom is 0.237 e. The van der Waals surface area contributed by atoms with Gasteiger partial charge in [0, 0.05) is 29.7 Å². The zero-order valence-electron chi connectivity index (χ0n) is 11.5. The van der Waals surface area contributed by atoms with Crippen LogP contribution in [0.1, 0.15) is 30.1 Å². The number of primary amides is 1. The van der Waals surface area contributed by atoms with Crippen LogP contribution in [0.15, 0.2) is 24.3 Å². The van der Waals surface area contributed by atoms with Crippen LogP contribution >= 0.6 is 11.5 Å². The number of carbonyl (C=O) groups excluding carboxylic acids is 1. The normalized spacial score (nSPS) is 14.1. The van der Waals surface area contributed by atoms with E-state index in [0.29, 0.717) is 18.2 Å². The predicted octanol–water partition coefficient (Wildman–Crippen LogP) is 1.49. The summed E-state index contributed by atoms with van der Waals surface area (Å²) < 4.78 is 4.38. The third kappa shape index (κ3) is 3.49. The van der Waals surface area contributed by atoms with Gasteiger partial charge in [-0.25, -0.2) is 4.98 Å². The molecule has 0 unspecified atom stereocenters. The van der Waals surface area contributed by atoms with Crippen molar-refractivity contribution in [1.29, 1.82) is 0 Å². The summed E-state index contributed by atoms with van der Waals surface area (Å²) in [5.41, 5.74) is 12.8. The van der Waals surface area contributed by atoms with E-state index in [9.17, 15) is 4.79 Å². The van der Waals surface area contributed by atoms with Crippen LogP contribution in [-0.2, 0) is 11.3 Å². The highest BCUT2D eigenvalue weighted by Crippen LogP contribution is 2.39. The van der Waals surface area contributed by atoms with Gasteiger partial charge in [0.1, 0.15) is 5.82 Å². The number of hydrogen-bond acceptors (Lipinski definition) is 6. The number of benzene rings is 1. The van der Waals surface area contributed by atoms with Crippen molar-refractivity contribution >= 4 is 28.3 Å². The Morgan fingerprint density at radius 1 is 1.33 bits per heavy atom. The van der Waals surface area contributed by atoms with Crippen LogP contribution in [0.2, 0.25) is 0 Å². The highest BCUT2D eigenvalue weighted by atomic mass is 32.1. The van der Waals surface area contributed by atoms with Crippen LogP contribution in [-0.4, -0.2) is 21.8 Å². The van der Waals surface area contributed by atoms with Crippen LogP contribution in [0.5, 0.6) is 0 Å². The fraction of sp³-hybridized carbons (Fsp3) is 0.357. The SMILES string of the molecule is NC(=O)CN(Cc1ccc(N)cc1)c1nc(C2CC2)ns1. The lowest BCUT2D eigenvalue weighted by Crippen LogP contribution is -2.33. The lowest BCUT2D eigenvalue weighted by molar-refractivity contribution is -0.116. The summed E-state index contributed by atoms with van der Waals surface area (Å²) in [6.07, 6.45) is 2.31. The second-order valence-corrected chi connectivity index (χ2v) is 6.00. The van der Waals surface area contributed by atoms with E-state index in [1.165, 1.54) is 11.5 Å². The van der Waals surface area contributed by atoms with Gasteiger partial charge in [-0.2, -0.15) is 4.37 Å². The molecule has 0 atom stereocenters. The molecule has 4 N–H and O–H groups in total. The lowest BCUT2D eigenvalue weighted by atomic mass is 10.2. The van der Waals surface area contributed by atoms with Gasteiger partial charge in [-0.1, -0.05) is 12.1 Å². The highest BCUT2D eigenvalue weighted by molar-refractivity contribution is 7.09. The van der Waals surface area contributed by atoms with Crippen LogP contribution in [0.25, 0.3) is 0 Å². The average Bonchev–Trinajstić information content (AvgIpc) is 3.18. The summed E-state index contributed by atoms with van der Waals surface area (Å²) in [4.78, 5) is 17.7. The summed E-state index contributed by atoms with van der Waals surface area (Å²) in [6, 6.07) is 7.55. The Labute approximate surface area is 126 Å². The van der Waals surface area contributed by atoms with E-state index in [1.54, 1.807) is 0 Å². The van der Waals surface area contributed by atoms with E-state index in [0.717, 1.165) is 29.4 Å². The molecule has 0 saturated heterocycles. The number of nitrogen functional groups attached to an aromatic ring is 1. The van der Waals surface area contributed by atoms with Gasteiger partial charge in [0.25, 0.3) is 0 Å². The van der Waals surface area contributed by atoms with Crippen molar-refractivity contribution in [2.45, 2.75) is 25.3 Å². The van der Waals surface area contributed by atoms with E-state index in [-0.39, 0.29) is 12.5 Å². The molecule has 3 rings (SSSR count). The first-order chi connectivity index (χ1) is 10.1. The molecule has 1 aliphatic carbocycles. The van der Waals surface area contributed by atoms with Gasteiger partial charge in [0.15, 0.2) is 0 Å². The Morgan fingerprint density at radius 2 is 2.05 bits per heavy atom. The van der Waals surface area contributed by atoms with Crippen molar-refractivity contribution < 1.29 is 4.79 Å². The highest BCUT2D eigenvalue weighted by Gasteiger charge is 2.28. The van der Waals surface area contributed by atoms with Crippen LogP contribution < -0.4 is 16.4 Å². The number of hydrogen-bond donors (Lipinski definition) is 2. The molecule has 21 heavy (non-hydrogen) atoms. The van der Waals surface area contributed by atoms with Gasteiger partial charge < -0.3 is 16.4 Å². The summed E-state index contributed by atoms with van der Waals surface area (Å²) >= 11 is 1.32. The Bertz CT molecular complexity index is 635. The molecule has 1 amide bonds. The molecule has 1 saturated carbocycles. The van der Waals surface area contributed by atoms with Gasteiger partial charge in [-0.3, -0.25) is 4.79 Å². The standard InChI is InChI=1S/C14H17N5OS/c15-11-5-1-9(2-6-11)7-19(8-12(16)20)14-17-13(18-21-14)10-3-4-10/h1-2,5-6,10H,3-4,7-8,15H2,(H2,16,20). The van der Waals surface area contributed by atoms with Crippen molar-refractivity contribution in [2.24, 2.45) is 5.73 Å². The molecule has 0 spiro atoms. The molecule has 1 fully saturated rings. The fourth-order valence-corrected chi connectivity index (χ4v) is 2.83. The monoisotopic (exact) mass is 303 g/mol. The third-order valence-electron chi connectivity index (χ3n) is 3.34. The molecule has 1 aromatic heterocycles. The number of nitrogens with zero attached hydrogens (tertiary/aromatic N) is 3. The quantitative estimate of drug-likeness (QED) is 0.788. The van der Waals surface area contributed by atoms with Gasteiger partial charge in [0.05, 0.1) is 6.54 Å². The molecular weight excluding hydrogens is 286 g/mol. The van der Waals surface area contributed by atoms with Gasteiger partial charge in [-0.15, -0.1) is 0 Å². The van der Waals surface area contributed by atoms with E-state index >= 15 is 0 Å². The van der Waals surface area contributed by atoms with E-state index in [1.807, 2.05) is 29.2 Å². The molecule has 0 bridgehead atoms. The maximum absolute atomic E-state index is 11.3. The van der Waals surface area contributed by atoms with Crippen molar-refractivity contribution in [3.8, 4) is 0 Å². The fourth-order valence-electron chi connectivity index (χ4n) is 2.08. The largest absolute Gasteiger partial charge is 0.399 e. The number of amides is 1. The molecule has 1 heterocycles.